The van der Waals surface area contributed by atoms with Crippen molar-refractivity contribution in [2.75, 3.05) is 46.6 Å². The first-order valence-electron chi connectivity index (χ1n) is 12.2. The van der Waals surface area contributed by atoms with Crippen LogP contribution in [0.4, 0.5) is 0 Å². The van der Waals surface area contributed by atoms with Crippen molar-refractivity contribution in [3.8, 4) is 11.5 Å². The number of fused-ring (bicyclic) bond motifs is 1. The van der Waals surface area contributed by atoms with Crippen LogP contribution in [0, 0.1) is 0 Å². The van der Waals surface area contributed by atoms with Gasteiger partial charge in [-0.15, -0.1) is 0 Å². The molecule has 0 aromatic heterocycles. The maximum absolute atomic E-state index is 11.8. The van der Waals surface area contributed by atoms with Crippen molar-refractivity contribution in [3.05, 3.63) is 59.7 Å². The zero-order valence-electron chi connectivity index (χ0n) is 20.4. The highest BCUT2D eigenvalue weighted by atomic mass is 35.5. The van der Waals surface area contributed by atoms with Crippen LogP contribution >= 0.6 is 0 Å². The van der Waals surface area contributed by atoms with Gasteiger partial charge in [0.25, 0.3) is 0 Å². The first-order valence-corrected chi connectivity index (χ1v) is 12.2. The Hall–Kier alpha value is -2.32. The number of quaternary nitrogens is 1. The summed E-state index contributed by atoms with van der Waals surface area (Å²) in [6, 6.07) is 15.3. The molecule has 2 unspecified atom stereocenters. The monoisotopic (exact) mass is 505 g/mol. The Morgan fingerprint density at radius 3 is 2.43 bits per heavy atom. The van der Waals surface area contributed by atoms with Crippen molar-refractivity contribution in [1.29, 1.82) is 0 Å². The summed E-state index contributed by atoms with van der Waals surface area (Å²) in [5, 5.41) is 10.9. The van der Waals surface area contributed by atoms with Crippen molar-refractivity contribution in [3.63, 3.8) is 0 Å². The fraction of sp³-hybridized carbons (Fsp3) is 0.519. The van der Waals surface area contributed by atoms with Crippen molar-refractivity contribution < 1.29 is 45.7 Å². The molecule has 0 saturated carbocycles. The molecule has 8 heteroatoms. The van der Waals surface area contributed by atoms with Crippen LogP contribution in [-0.2, 0) is 16.0 Å². The summed E-state index contributed by atoms with van der Waals surface area (Å²) in [6.07, 6.45) is 4.02. The predicted octanol–water partition coefficient (Wildman–Crippen LogP) is 0.586. The zero-order chi connectivity index (χ0) is 23.8. The summed E-state index contributed by atoms with van der Waals surface area (Å²) in [5.41, 5.74) is 1.72. The third-order valence-electron chi connectivity index (χ3n) is 6.69. The molecule has 2 aliphatic rings. The molecule has 2 aromatic rings. The van der Waals surface area contributed by atoms with Gasteiger partial charge in [0.1, 0.15) is 25.8 Å². The molecule has 35 heavy (non-hydrogen) atoms. The molecule has 2 atom stereocenters. The van der Waals surface area contributed by atoms with E-state index in [0.717, 1.165) is 54.0 Å². The van der Waals surface area contributed by atoms with Gasteiger partial charge in [0.05, 0.1) is 39.0 Å². The summed E-state index contributed by atoms with van der Waals surface area (Å²) in [5.74, 6) is 1.16. The van der Waals surface area contributed by atoms with Crippen molar-refractivity contribution in [2.45, 2.75) is 44.4 Å². The van der Waals surface area contributed by atoms with E-state index in [1.807, 2.05) is 48.5 Å². The molecule has 1 N–H and O–H groups in total. The number of likely N-dealkylation sites (tertiary alicyclic amines) is 1. The van der Waals surface area contributed by atoms with Gasteiger partial charge in [-0.3, -0.25) is 0 Å². The van der Waals surface area contributed by atoms with Gasteiger partial charge in [-0.1, -0.05) is 24.3 Å². The van der Waals surface area contributed by atoms with Crippen LogP contribution < -0.4 is 21.9 Å². The number of nitrogens with zero attached hydrogens (tertiary/aromatic N) is 1. The topological polar surface area (TPSA) is 74.2 Å². The summed E-state index contributed by atoms with van der Waals surface area (Å²) in [4.78, 5) is 11.8. The zero-order valence-corrected chi connectivity index (χ0v) is 21.1. The Labute approximate surface area is 213 Å². The number of benzene rings is 2. The first kappa shape index (κ1) is 27.3. The van der Waals surface area contributed by atoms with Crippen LogP contribution in [-0.4, -0.2) is 74.3 Å². The Morgan fingerprint density at radius 1 is 1.06 bits per heavy atom. The maximum Gasteiger partial charge on any atom is 0.337 e. The smallest absolute Gasteiger partial charge is 0.337 e. The number of hydrogen-bond donors (Lipinski definition) is 1. The number of methoxy groups -OCH3 is 1. The van der Waals surface area contributed by atoms with E-state index in [1.165, 1.54) is 20.0 Å². The Kier molecular flexibility index (Phi) is 10.2. The van der Waals surface area contributed by atoms with E-state index in [2.05, 4.69) is 0 Å². The molecule has 0 aliphatic carbocycles. The molecule has 2 aromatic carbocycles. The van der Waals surface area contributed by atoms with Crippen LogP contribution in [0.1, 0.15) is 41.6 Å². The largest absolute Gasteiger partial charge is 1.00 e. The van der Waals surface area contributed by atoms with Crippen LogP contribution in [0.15, 0.2) is 48.5 Å². The quantitative estimate of drug-likeness (QED) is 0.397. The minimum absolute atomic E-state index is 0. The minimum Gasteiger partial charge on any atom is -1.00 e. The highest BCUT2D eigenvalue weighted by Gasteiger charge is 2.32. The number of aliphatic hydroxyl groups is 1. The molecule has 0 spiro atoms. The van der Waals surface area contributed by atoms with Gasteiger partial charge in [0.2, 0.25) is 0 Å². The van der Waals surface area contributed by atoms with Crippen LogP contribution in [0.25, 0.3) is 0 Å². The lowest BCUT2D eigenvalue weighted by atomic mass is 10.1. The van der Waals surface area contributed by atoms with E-state index in [-0.39, 0.29) is 31.1 Å². The van der Waals surface area contributed by atoms with Gasteiger partial charge >= 0.3 is 5.97 Å². The standard InChI is InChI=1S/C27H36NO6.ClH/c1-31-27(30)22-12-10-21(11-13-22)16-28(14-6-2-3-7-15-28)17-23(29)18-32-19-24-20-33-25-8-4-5-9-26(25)34-24;/h4-5,8-13,23-24,29H,2-3,6-7,14-20H2,1H3;1H/q+1;/p-1. The molecule has 2 aliphatic heterocycles. The number of rotatable bonds is 9. The van der Waals surface area contributed by atoms with Gasteiger partial charge in [-0.25, -0.2) is 4.79 Å². The maximum atomic E-state index is 11.8. The third kappa shape index (κ3) is 7.58. The molecule has 1 saturated heterocycles. The highest BCUT2D eigenvalue weighted by Crippen LogP contribution is 2.31. The second-order valence-corrected chi connectivity index (χ2v) is 9.42. The van der Waals surface area contributed by atoms with Crippen LogP contribution in [0.2, 0.25) is 0 Å². The number of para-hydroxylation sites is 2. The molecule has 0 amide bonds. The van der Waals surface area contributed by atoms with Crippen LogP contribution in [0.5, 0.6) is 11.5 Å². The third-order valence-corrected chi connectivity index (χ3v) is 6.69. The molecule has 0 bridgehead atoms. The number of carbonyl (C=O) groups excluding carboxylic acids is 1. The highest BCUT2D eigenvalue weighted by molar-refractivity contribution is 5.89. The summed E-state index contributed by atoms with van der Waals surface area (Å²) < 4.78 is 23.2. The number of aliphatic hydroxyl groups excluding tert-OH is 1. The second-order valence-electron chi connectivity index (χ2n) is 9.42. The van der Waals surface area contributed by atoms with E-state index in [1.54, 1.807) is 0 Å². The number of carbonyl (C=O) groups is 1. The molecule has 192 valence electrons. The number of esters is 1. The summed E-state index contributed by atoms with van der Waals surface area (Å²) >= 11 is 0. The predicted molar refractivity (Wildman–Crippen MR) is 128 cm³/mol. The molecular weight excluding hydrogens is 470 g/mol. The van der Waals surface area contributed by atoms with Crippen molar-refractivity contribution >= 4 is 5.97 Å². The average molecular weight is 506 g/mol. The molecule has 1 fully saturated rings. The fourth-order valence-corrected chi connectivity index (χ4v) is 5.00. The minimum atomic E-state index is -0.566. The van der Waals surface area contributed by atoms with Crippen molar-refractivity contribution in [2.24, 2.45) is 0 Å². The van der Waals surface area contributed by atoms with Crippen molar-refractivity contribution in [1.82, 2.24) is 0 Å². The molecule has 0 radical (unpaired) electrons. The normalized spacial score (nSPS) is 19.7. The number of ether oxygens (including phenoxy) is 4. The lowest BCUT2D eigenvalue weighted by Gasteiger charge is -2.39. The Balaban J connectivity index is 0.00000342. The Morgan fingerprint density at radius 2 is 1.74 bits per heavy atom. The fourth-order valence-electron chi connectivity index (χ4n) is 5.00. The number of hydrogen-bond acceptors (Lipinski definition) is 6. The van der Waals surface area contributed by atoms with Gasteiger partial charge in [-0.05, 0) is 49.9 Å². The molecular formula is C27H36ClNO6. The van der Waals surface area contributed by atoms with Gasteiger partial charge in [0, 0.05) is 5.56 Å². The lowest BCUT2D eigenvalue weighted by Crippen LogP contribution is -3.00. The molecule has 2 heterocycles. The molecule has 4 rings (SSSR count). The SMILES string of the molecule is COC(=O)c1ccc(C[N+]2(CC(O)COCC3COc4ccccc4O3)CCCCCC2)cc1.[Cl-]. The summed E-state index contributed by atoms with van der Waals surface area (Å²) in [7, 11) is 1.39. The van der Waals surface area contributed by atoms with E-state index in [9.17, 15) is 9.90 Å². The van der Waals surface area contributed by atoms with Gasteiger partial charge < -0.3 is 40.9 Å². The Bertz CT molecular complexity index is 930. The number of halogens is 1. The van der Waals surface area contributed by atoms with E-state index >= 15 is 0 Å². The lowest BCUT2D eigenvalue weighted by molar-refractivity contribution is -0.943. The second kappa shape index (κ2) is 13.1. The summed E-state index contributed by atoms with van der Waals surface area (Å²) in [6.45, 7) is 4.62. The average Bonchev–Trinajstić information content (AvgIpc) is 3.09. The van der Waals surface area contributed by atoms with E-state index < -0.39 is 6.10 Å². The molecule has 7 nitrogen and oxygen atoms in total. The first-order chi connectivity index (χ1) is 16.6. The van der Waals surface area contributed by atoms with E-state index in [0.29, 0.717) is 25.3 Å². The van der Waals surface area contributed by atoms with Crippen LogP contribution in [0.3, 0.4) is 0 Å². The van der Waals surface area contributed by atoms with E-state index in [4.69, 9.17) is 18.9 Å². The van der Waals surface area contributed by atoms with Gasteiger partial charge in [0.15, 0.2) is 17.6 Å². The van der Waals surface area contributed by atoms with Gasteiger partial charge in [-0.2, -0.15) is 0 Å².